The first-order valence-electron chi connectivity index (χ1n) is 4.33. The Kier molecular flexibility index (Phi) is 3.83. The topological polar surface area (TPSA) is 184 Å². The number of hydrogen-bond donors (Lipinski definition) is 4. The fraction of sp³-hybridized carbons (Fsp3) is 0. The Bertz CT molecular complexity index is 543. The third kappa shape index (κ3) is 2.19. The first-order valence-corrected chi connectivity index (χ1v) is 4.33. The summed E-state index contributed by atoms with van der Waals surface area (Å²) in [4.78, 5) is 29.8. The molecule has 1 aromatic rings. The van der Waals surface area contributed by atoms with E-state index in [4.69, 9.17) is 22.2 Å². The minimum absolute atomic E-state index is 0.398. The van der Waals surface area contributed by atoms with Crippen LogP contribution < -0.4 is 22.5 Å². The molecule has 0 aliphatic heterocycles. The highest BCUT2D eigenvalue weighted by Gasteiger charge is 2.23. The van der Waals surface area contributed by atoms with Gasteiger partial charge in [-0.05, 0) is 0 Å². The molecule has 0 spiro atoms. The van der Waals surface area contributed by atoms with E-state index in [2.05, 4.69) is 9.97 Å². The van der Waals surface area contributed by atoms with Crippen LogP contribution in [0.2, 0.25) is 0 Å². The molecular weight excluding hydrogens is 240 g/mol. The van der Waals surface area contributed by atoms with Gasteiger partial charge in [0.25, 0.3) is 11.8 Å². The van der Waals surface area contributed by atoms with Gasteiger partial charge in [-0.1, -0.05) is 0 Å². The number of rotatable bonds is 2. The van der Waals surface area contributed by atoms with E-state index >= 15 is 0 Å². The second-order valence-electron chi connectivity index (χ2n) is 2.79. The molecule has 6 N–H and O–H groups in total. The summed E-state index contributed by atoms with van der Waals surface area (Å²) in [5, 5.41) is 17.4. The molecule has 10 nitrogen and oxygen atoms in total. The van der Waals surface area contributed by atoms with Gasteiger partial charge in [0.1, 0.15) is 12.1 Å². The Labute approximate surface area is 100 Å². The van der Waals surface area contributed by atoms with Gasteiger partial charge in [0.15, 0.2) is 22.8 Å². The van der Waals surface area contributed by atoms with Crippen LogP contribution in [0.5, 0.6) is 0 Å². The number of carbonyl (C=O) groups excluding carboxylic acids is 2. The number of nitrogens with zero attached hydrogens (tertiary/aromatic N) is 4. The Morgan fingerprint density at radius 1 is 0.944 bits per heavy atom. The molecule has 0 bridgehead atoms. The van der Waals surface area contributed by atoms with Crippen LogP contribution in [0, 0.1) is 22.7 Å². The summed E-state index contributed by atoms with van der Waals surface area (Å²) in [6.45, 7) is 0. The van der Waals surface area contributed by atoms with Crippen LogP contribution in [0.1, 0.15) is 32.4 Å². The zero-order valence-corrected chi connectivity index (χ0v) is 8.76. The maximum atomic E-state index is 11.4. The quantitative estimate of drug-likeness (QED) is 0.249. The predicted octanol–water partition coefficient (Wildman–Crippen LogP) is -2.57. The molecule has 0 atom stereocenters. The lowest BCUT2D eigenvalue weighted by atomic mass is 10.2. The number of carbonyl (C=O) groups is 2. The maximum absolute atomic E-state index is 11.4. The van der Waals surface area contributed by atoms with E-state index < -0.39 is 34.6 Å². The molecule has 90 valence electrons. The van der Waals surface area contributed by atoms with Crippen molar-refractivity contribution >= 4 is 11.8 Å². The third-order valence-corrected chi connectivity index (χ3v) is 1.80. The van der Waals surface area contributed by atoms with E-state index in [9.17, 15) is 9.59 Å². The number of hydrogen-bond acceptors (Lipinski definition) is 8. The van der Waals surface area contributed by atoms with Crippen LogP contribution in [0.3, 0.4) is 0 Å². The molecule has 0 fully saturated rings. The Balaban J connectivity index is 3.58. The smallest absolute Gasteiger partial charge is 0.286 e. The van der Waals surface area contributed by atoms with Gasteiger partial charge >= 0.3 is 0 Å². The summed E-state index contributed by atoms with van der Waals surface area (Å²) in [6, 6.07) is 3.14. The van der Waals surface area contributed by atoms with Crippen molar-refractivity contribution in [3.05, 3.63) is 22.8 Å². The van der Waals surface area contributed by atoms with Gasteiger partial charge in [0.05, 0.1) is 0 Å². The highest BCUT2D eigenvalue weighted by Crippen LogP contribution is 2.08. The lowest BCUT2D eigenvalue weighted by molar-refractivity contribution is 0.0911. The van der Waals surface area contributed by atoms with E-state index in [1.54, 1.807) is 23.0 Å². The number of nitrogens with one attached hydrogen (secondary N) is 2. The zero-order valence-electron chi connectivity index (χ0n) is 8.76. The lowest BCUT2D eigenvalue weighted by Crippen LogP contribution is -2.37. The second kappa shape index (κ2) is 5.31. The standard InChI is InChI=1S/C8H6N8O2/c9-1-3-4(2-10)14-6(8(18)16-12)5(13-3)7(17)15-11/h11-12H2,(H,15,17)(H,16,18). The van der Waals surface area contributed by atoms with Crippen molar-refractivity contribution in [2.24, 2.45) is 11.7 Å². The third-order valence-electron chi connectivity index (χ3n) is 1.80. The Morgan fingerprint density at radius 3 is 1.50 bits per heavy atom. The Morgan fingerprint density at radius 2 is 1.28 bits per heavy atom. The van der Waals surface area contributed by atoms with Crippen molar-refractivity contribution in [3.8, 4) is 12.1 Å². The normalized spacial score (nSPS) is 8.89. The molecule has 0 aliphatic carbocycles. The monoisotopic (exact) mass is 246 g/mol. The van der Waals surface area contributed by atoms with Crippen molar-refractivity contribution < 1.29 is 9.59 Å². The molecule has 0 aliphatic rings. The van der Waals surface area contributed by atoms with E-state index in [1.807, 2.05) is 0 Å². The molecule has 10 heteroatoms. The van der Waals surface area contributed by atoms with Gasteiger partial charge in [-0.25, -0.2) is 21.7 Å². The molecule has 0 radical (unpaired) electrons. The summed E-state index contributed by atoms with van der Waals surface area (Å²) in [7, 11) is 0. The highest BCUT2D eigenvalue weighted by atomic mass is 16.2. The summed E-state index contributed by atoms with van der Waals surface area (Å²) in [6.07, 6.45) is 0. The van der Waals surface area contributed by atoms with Crippen LogP contribution in [-0.2, 0) is 0 Å². The molecule has 0 saturated heterocycles. The lowest BCUT2D eigenvalue weighted by Gasteiger charge is -2.06. The number of amides is 2. The summed E-state index contributed by atoms with van der Waals surface area (Å²) >= 11 is 0. The van der Waals surface area contributed by atoms with Crippen molar-refractivity contribution in [3.63, 3.8) is 0 Å². The number of nitrogens with two attached hydrogens (primary N) is 2. The van der Waals surface area contributed by atoms with Gasteiger partial charge in [0, 0.05) is 0 Å². The molecule has 2 amide bonds. The van der Waals surface area contributed by atoms with Gasteiger partial charge in [-0.3, -0.25) is 20.4 Å². The molecule has 18 heavy (non-hydrogen) atoms. The number of nitriles is 2. The summed E-state index contributed by atoms with van der Waals surface area (Å²) in [5.74, 6) is 7.91. The van der Waals surface area contributed by atoms with E-state index in [0.29, 0.717) is 0 Å². The minimum Gasteiger partial charge on any atom is -0.289 e. The minimum atomic E-state index is -0.943. The second-order valence-corrected chi connectivity index (χ2v) is 2.79. The van der Waals surface area contributed by atoms with E-state index in [-0.39, 0.29) is 0 Å². The van der Waals surface area contributed by atoms with Crippen LogP contribution in [0.25, 0.3) is 0 Å². The molecule has 0 unspecified atom stereocenters. The molecule has 0 saturated carbocycles. The van der Waals surface area contributed by atoms with Crippen molar-refractivity contribution in [1.82, 2.24) is 20.8 Å². The molecular formula is C8H6N8O2. The fourth-order valence-electron chi connectivity index (χ4n) is 1.04. The summed E-state index contributed by atoms with van der Waals surface area (Å²) in [5.41, 5.74) is 1.67. The SMILES string of the molecule is N#Cc1nc(C(=O)NN)c(C(=O)NN)nc1C#N. The number of aromatic nitrogens is 2. The van der Waals surface area contributed by atoms with Gasteiger partial charge in [-0.2, -0.15) is 10.5 Å². The van der Waals surface area contributed by atoms with Crippen LogP contribution in [0.4, 0.5) is 0 Å². The average molecular weight is 246 g/mol. The van der Waals surface area contributed by atoms with E-state index in [0.717, 1.165) is 0 Å². The molecule has 1 aromatic heterocycles. The maximum Gasteiger partial charge on any atom is 0.286 e. The molecule has 1 heterocycles. The van der Waals surface area contributed by atoms with Gasteiger partial charge in [0.2, 0.25) is 0 Å². The van der Waals surface area contributed by atoms with Crippen LogP contribution >= 0.6 is 0 Å². The molecule has 0 aromatic carbocycles. The van der Waals surface area contributed by atoms with Crippen molar-refractivity contribution in [2.45, 2.75) is 0 Å². The van der Waals surface area contributed by atoms with E-state index in [1.165, 1.54) is 0 Å². The largest absolute Gasteiger partial charge is 0.289 e. The molecule has 1 rings (SSSR count). The average Bonchev–Trinajstić information content (AvgIpc) is 2.43. The van der Waals surface area contributed by atoms with Crippen molar-refractivity contribution in [2.75, 3.05) is 0 Å². The number of nitrogen functional groups attached to an aromatic ring is 2. The van der Waals surface area contributed by atoms with Crippen LogP contribution in [-0.4, -0.2) is 21.8 Å². The Hall–Kier alpha value is -3.08. The predicted molar refractivity (Wildman–Crippen MR) is 54.8 cm³/mol. The van der Waals surface area contributed by atoms with Gasteiger partial charge < -0.3 is 0 Å². The fourth-order valence-corrected chi connectivity index (χ4v) is 1.04. The summed E-state index contributed by atoms with van der Waals surface area (Å²) < 4.78 is 0. The van der Waals surface area contributed by atoms with Crippen molar-refractivity contribution in [1.29, 1.82) is 10.5 Å². The van der Waals surface area contributed by atoms with Gasteiger partial charge in [-0.15, -0.1) is 0 Å². The van der Waals surface area contributed by atoms with Crippen LogP contribution in [0.15, 0.2) is 0 Å². The first-order chi connectivity index (χ1) is 8.58. The number of hydrazine groups is 2. The first kappa shape index (κ1) is 13.0. The zero-order chi connectivity index (χ0) is 13.7. The highest BCUT2D eigenvalue weighted by molar-refractivity contribution is 6.04.